The van der Waals surface area contributed by atoms with Gasteiger partial charge in [0.25, 0.3) is 11.8 Å². The number of nitrogens with one attached hydrogen (secondary N) is 1. The van der Waals surface area contributed by atoms with E-state index in [9.17, 15) is 9.59 Å². The van der Waals surface area contributed by atoms with Gasteiger partial charge in [0.05, 0.1) is 23.4 Å². The first-order valence-corrected chi connectivity index (χ1v) is 12.1. The summed E-state index contributed by atoms with van der Waals surface area (Å²) in [4.78, 5) is 28.6. The van der Waals surface area contributed by atoms with E-state index in [2.05, 4.69) is 5.32 Å². The van der Waals surface area contributed by atoms with Crippen molar-refractivity contribution in [1.29, 1.82) is 0 Å². The normalized spacial score (nSPS) is 13.4. The van der Waals surface area contributed by atoms with Crippen LogP contribution in [0.5, 0.6) is 0 Å². The molecule has 6 heteroatoms. The maximum atomic E-state index is 13.5. The van der Waals surface area contributed by atoms with E-state index in [-0.39, 0.29) is 11.8 Å². The third-order valence-corrected chi connectivity index (χ3v) is 6.29. The molecule has 2 amide bonds. The predicted octanol–water partition coefficient (Wildman–Crippen LogP) is 5.48. The van der Waals surface area contributed by atoms with Crippen molar-refractivity contribution in [3.05, 3.63) is 108 Å². The standard InChI is InChI=1S/C29H28N4O2/c34-28(30-26-17-9-8-16-24(26)29(35)32-18-10-3-11-19-32)25-21-33(20-22-12-4-1-5-13-22)31-27(25)23-14-6-2-7-15-23/h1-2,4-9,12-17,21H,3,10-11,18-20H2,(H,30,34). The van der Waals surface area contributed by atoms with Gasteiger partial charge in [-0.1, -0.05) is 72.8 Å². The lowest BCUT2D eigenvalue weighted by Gasteiger charge is -2.27. The Balaban J connectivity index is 1.45. The summed E-state index contributed by atoms with van der Waals surface area (Å²) in [7, 11) is 0. The number of rotatable bonds is 6. The van der Waals surface area contributed by atoms with Gasteiger partial charge in [-0.3, -0.25) is 14.3 Å². The van der Waals surface area contributed by atoms with Crippen LogP contribution in [0.15, 0.2) is 91.1 Å². The second-order valence-electron chi connectivity index (χ2n) is 8.79. The first-order chi connectivity index (χ1) is 17.2. The van der Waals surface area contributed by atoms with Crippen molar-refractivity contribution in [2.24, 2.45) is 0 Å². The largest absolute Gasteiger partial charge is 0.339 e. The van der Waals surface area contributed by atoms with E-state index < -0.39 is 0 Å². The maximum Gasteiger partial charge on any atom is 0.259 e. The van der Waals surface area contributed by atoms with Gasteiger partial charge in [0.1, 0.15) is 5.69 Å². The Kier molecular flexibility index (Phi) is 6.70. The molecule has 4 aromatic rings. The van der Waals surface area contributed by atoms with Crippen molar-refractivity contribution in [1.82, 2.24) is 14.7 Å². The van der Waals surface area contributed by atoms with Crippen molar-refractivity contribution < 1.29 is 9.59 Å². The SMILES string of the molecule is O=C(Nc1ccccc1C(=O)N1CCCCC1)c1cn(Cc2ccccc2)nc1-c1ccccc1. The number of amides is 2. The van der Waals surface area contributed by atoms with Crippen LogP contribution in [-0.4, -0.2) is 39.6 Å². The number of para-hydroxylation sites is 1. The summed E-state index contributed by atoms with van der Waals surface area (Å²) in [6.07, 6.45) is 4.96. The van der Waals surface area contributed by atoms with Gasteiger partial charge in [0, 0.05) is 24.8 Å². The highest BCUT2D eigenvalue weighted by Gasteiger charge is 2.23. The van der Waals surface area contributed by atoms with E-state index in [0.29, 0.717) is 29.1 Å². The number of hydrogen-bond donors (Lipinski definition) is 1. The van der Waals surface area contributed by atoms with Crippen LogP contribution in [0, 0.1) is 0 Å². The van der Waals surface area contributed by atoms with Gasteiger partial charge in [-0.2, -0.15) is 5.10 Å². The van der Waals surface area contributed by atoms with Gasteiger partial charge in [0.2, 0.25) is 0 Å². The fourth-order valence-corrected chi connectivity index (χ4v) is 4.48. The molecule has 0 atom stereocenters. The van der Waals surface area contributed by atoms with Crippen LogP contribution in [0.25, 0.3) is 11.3 Å². The van der Waals surface area contributed by atoms with Gasteiger partial charge >= 0.3 is 0 Å². The fraction of sp³-hybridized carbons (Fsp3) is 0.207. The van der Waals surface area contributed by atoms with Crippen LogP contribution in [0.4, 0.5) is 5.69 Å². The lowest BCUT2D eigenvalue weighted by atomic mass is 10.1. The summed E-state index contributed by atoms with van der Waals surface area (Å²) in [6.45, 7) is 2.06. The zero-order valence-electron chi connectivity index (χ0n) is 19.6. The number of carbonyl (C=O) groups excluding carboxylic acids is 2. The zero-order valence-corrected chi connectivity index (χ0v) is 19.6. The molecule has 1 aromatic heterocycles. The van der Waals surface area contributed by atoms with Crippen molar-refractivity contribution in [3.8, 4) is 11.3 Å². The molecule has 1 saturated heterocycles. The smallest absolute Gasteiger partial charge is 0.259 e. The van der Waals surface area contributed by atoms with E-state index in [1.807, 2.05) is 77.7 Å². The third-order valence-electron chi connectivity index (χ3n) is 6.29. The summed E-state index contributed by atoms with van der Waals surface area (Å²) in [5.41, 5.74) is 4.07. The minimum atomic E-state index is -0.290. The van der Waals surface area contributed by atoms with E-state index in [1.54, 1.807) is 23.0 Å². The molecule has 1 aliphatic heterocycles. The van der Waals surface area contributed by atoms with Crippen LogP contribution >= 0.6 is 0 Å². The van der Waals surface area contributed by atoms with Crippen LogP contribution in [0.2, 0.25) is 0 Å². The van der Waals surface area contributed by atoms with Gasteiger partial charge in [-0.15, -0.1) is 0 Å². The average molecular weight is 465 g/mol. The minimum Gasteiger partial charge on any atom is -0.339 e. The Bertz CT molecular complexity index is 1310. The molecule has 5 rings (SSSR count). The Labute approximate surface area is 205 Å². The first-order valence-electron chi connectivity index (χ1n) is 12.1. The van der Waals surface area contributed by atoms with Crippen LogP contribution in [-0.2, 0) is 6.54 Å². The number of carbonyl (C=O) groups is 2. The van der Waals surface area contributed by atoms with Crippen LogP contribution in [0.1, 0.15) is 45.5 Å². The van der Waals surface area contributed by atoms with Gasteiger partial charge in [-0.25, -0.2) is 0 Å². The highest BCUT2D eigenvalue weighted by molar-refractivity contribution is 6.11. The molecule has 0 bridgehead atoms. The summed E-state index contributed by atoms with van der Waals surface area (Å²) in [5.74, 6) is -0.328. The van der Waals surface area contributed by atoms with Crippen LogP contribution < -0.4 is 5.32 Å². The Morgan fingerprint density at radius 2 is 1.43 bits per heavy atom. The molecule has 0 radical (unpaired) electrons. The molecule has 6 nitrogen and oxygen atoms in total. The molecule has 176 valence electrons. The summed E-state index contributed by atoms with van der Waals surface area (Å²) >= 11 is 0. The molecule has 2 heterocycles. The molecular formula is C29H28N4O2. The lowest BCUT2D eigenvalue weighted by Crippen LogP contribution is -2.36. The van der Waals surface area contributed by atoms with Gasteiger partial charge in [-0.05, 0) is 37.0 Å². The number of nitrogens with zero attached hydrogens (tertiary/aromatic N) is 3. The predicted molar refractivity (Wildman–Crippen MR) is 137 cm³/mol. The molecule has 35 heavy (non-hydrogen) atoms. The van der Waals surface area contributed by atoms with E-state index in [4.69, 9.17) is 5.10 Å². The Morgan fingerprint density at radius 1 is 0.771 bits per heavy atom. The van der Waals surface area contributed by atoms with Crippen molar-refractivity contribution in [2.75, 3.05) is 18.4 Å². The molecule has 1 fully saturated rings. The van der Waals surface area contributed by atoms with Gasteiger partial charge in [0.15, 0.2) is 0 Å². The molecule has 3 aromatic carbocycles. The second kappa shape index (κ2) is 10.4. The van der Waals surface area contributed by atoms with E-state index in [0.717, 1.165) is 43.5 Å². The van der Waals surface area contributed by atoms with E-state index >= 15 is 0 Å². The van der Waals surface area contributed by atoms with Crippen molar-refractivity contribution >= 4 is 17.5 Å². The minimum absolute atomic E-state index is 0.0383. The highest BCUT2D eigenvalue weighted by Crippen LogP contribution is 2.25. The summed E-state index contributed by atoms with van der Waals surface area (Å²) in [6, 6.07) is 26.9. The lowest BCUT2D eigenvalue weighted by molar-refractivity contribution is 0.0725. The quantitative estimate of drug-likeness (QED) is 0.411. The van der Waals surface area contributed by atoms with Crippen molar-refractivity contribution in [2.45, 2.75) is 25.8 Å². The van der Waals surface area contributed by atoms with E-state index in [1.165, 1.54) is 0 Å². The number of hydrogen-bond acceptors (Lipinski definition) is 3. The highest BCUT2D eigenvalue weighted by atomic mass is 16.2. The molecule has 0 saturated carbocycles. The number of likely N-dealkylation sites (tertiary alicyclic amines) is 1. The Morgan fingerprint density at radius 3 is 2.17 bits per heavy atom. The monoisotopic (exact) mass is 464 g/mol. The third kappa shape index (κ3) is 5.17. The molecule has 0 unspecified atom stereocenters. The number of piperidine rings is 1. The molecular weight excluding hydrogens is 436 g/mol. The molecule has 0 aliphatic carbocycles. The summed E-state index contributed by atoms with van der Waals surface area (Å²) < 4.78 is 1.79. The van der Waals surface area contributed by atoms with Crippen molar-refractivity contribution in [3.63, 3.8) is 0 Å². The van der Waals surface area contributed by atoms with Gasteiger partial charge < -0.3 is 10.2 Å². The Hall–Kier alpha value is -4.19. The maximum absolute atomic E-state index is 13.5. The fourth-order valence-electron chi connectivity index (χ4n) is 4.48. The average Bonchev–Trinajstić information content (AvgIpc) is 3.34. The zero-order chi connectivity index (χ0) is 24.0. The number of aromatic nitrogens is 2. The first kappa shape index (κ1) is 22.6. The van der Waals surface area contributed by atoms with Crippen LogP contribution in [0.3, 0.4) is 0 Å². The number of benzene rings is 3. The molecule has 1 aliphatic rings. The molecule has 1 N–H and O–H groups in total. The number of anilines is 1. The molecule has 0 spiro atoms. The second-order valence-corrected chi connectivity index (χ2v) is 8.79. The summed E-state index contributed by atoms with van der Waals surface area (Å²) in [5, 5.41) is 7.74. The topological polar surface area (TPSA) is 67.2 Å².